The molecule has 0 spiro atoms. The van der Waals surface area contributed by atoms with Crippen molar-refractivity contribution in [1.82, 2.24) is 24.5 Å². The van der Waals surface area contributed by atoms with Crippen molar-refractivity contribution in [2.75, 3.05) is 0 Å². The number of benzene rings is 7. The Balaban J connectivity index is 1.20. The number of aromatic nitrogens is 5. The average Bonchev–Trinajstić information content (AvgIpc) is 3.54. The van der Waals surface area contributed by atoms with Gasteiger partial charge in [-0.2, -0.15) is 0 Å². The van der Waals surface area contributed by atoms with Gasteiger partial charge in [-0.3, -0.25) is 0 Å². The topological polar surface area (TPSA) is 56.5 Å². The van der Waals surface area contributed by atoms with Crippen molar-refractivity contribution in [2.45, 2.75) is 0 Å². The summed E-state index contributed by atoms with van der Waals surface area (Å²) in [6, 6.07) is 60.8. The largest absolute Gasteiger partial charge is 0.309 e. The van der Waals surface area contributed by atoms with Gasteiger partial charge in [-0.1, -0.05) is 140 Å². The van der Waals surface area contributed by atoms with E-state index in [1.807, 2.05) is 36.4 Å². The zero-order valence-electron chi connectivity index (χ0n) is 27.5. The van der Waals surface area contributed by atoms with Crippen LogP contribution in [0.4, 0.5) is 0 Å². The van der Waals surface area contributed by atoms with E-state index in [1.165, 1.54) is 0 Å². The molecule has 7 aromatic carbocycles. The van der Waals surface area contributed by atoms with E-state index in [1.54, 1.807) is 0 Å². The van der Waals surface area contributed by atoms with Crippen molar-refractivity contribution in [3.05, 3.63) is 176 Å². The lowest BCUT2D eigenvalue weighted by Crippen LogP contribution is -1.97. The van der Waals surface area contributed by atoms with Crippen molar-refractivity contribution in [3.8, 4) is 51.0 Å². The average molecular weight is 652 g/mol. The molecular formula is C46H29N5. The second kappa shape index (κ2) is 11.9. The predicted octanol–water partition coefficient (Wildman–Crippen LogP) is 11.3. The molecule has 10 aromatic rings. The maximum atomic E-state index is 5.18. The second-order valence-electron chi connectivity index (χ2n) is 12.7. The van der Waals surface area contributed by atoms with Crippen LogP contribution in [0.1, 0.15) is 0 Å². The van der Waals surface area contributed by atoms with Crippen LogP contribution in [0.25, 0.3) is 94.6 Å². The van der Waals surface area contributed by atoms with Gasteiger partial charge >= 0.3 is 0 Å². The van der Waals surface area contributed by atoms with Crippen LogP contribution in [0, 0.1) is 0 Å². The molecule has 0 fully saturated rings. The summed E-state index contributed by atoms with van der Waals surface area (Å²) in [7, 11) is 0. The van der Waals surface area contributed by atoms with Crippen LogP contribution in [0.5, 0.6) is 0 Å². The quantitative estimate of drug-likeness (QED) is 0.186. The lowest BCUT2D eigenvalue weighted by Gasteiger charge is -2.11. The molecule has 238 valence electrons. The van der Waals surface area contributed by atoms with Gasteiger partial charge in [0.15, 0.2) is 11.6 Å². The molecule has 0 saturated carbocycles. The van der Waals surface area contributed by atoms with Gasteiger partial charge < -0.3 is 4.57 Å². The molecule has 3 heterocycles. The van der Waals surface area contributed by atoms with E-state index in [9.17, 15) is 0 Å². The molecule has 0 amide bonds. The summed E-state index contributed by atoms with van der Waals surface area (Å²) in [5.41, 5.74) is 10.9. The Labute approximate surface area is 294 Å². The summed E-state index contributed by atoms with van der Waals surface area (Å²) in [5.74, 6) is 1.39. The van der Waals surface area contributed by atoms with E-state index in [2.05, 4.69) is 144 Å². The first-order chi connectivity index (χ1) is 25.3. The SMILES string of the molecule is c1ccc(-c2nc(-c3ccc4c5ccc(-c6nc(-c7ccccc7)c7ccccc7n6)cc5n(-c5ccccc5)c4c3)nc3ccccc23)cc1. The van der Waals surface area contributed by atoms with Crippen LogP contribution >= 0.6 is 0 Å². The Kier molecular flexibility index (Phi) is 6.74. The van der Waals surface area contributed by atoms with Crippen LogP contribution in [0.2, 0.25) is 0 Å². The molecule has 5 nitrogen and oxygen atoms in total. The third kappa shape index (κ3) is 4.94. The van der Waals surface area contributed by atoms with E-state index in [0.29, 0.717) is 11.6 Å². The minimum absolute atomic E-state index is 0.693. The summed E-state index contributed by atoms with van der Waals surface area (Å²) in [4.78, 5) is 20.5. The summed E-state index contributed by atoms with van der Waals surface area (Å²) in [6.45, 7) is 0. The maximum Gasteiger partial charge on any atom is 0.160 e. The van der Waals surface area contributed by atoms with Gasteiger partial charge in [0.2, 0.25) is 0 Å². The standard InChI is InChI=1S/C46H29N5/c1-4-14-30(15-5-1)43-37-20-10-12-22-39(37)47-45(49-43)32-24-26-35-36-27-25-33(29-42(36)51(41(35)28-32)34-18-8-3-9-19-34)46-48-40-23-13-11-21-38(40)44(50-46)31-16-6-2-7-17-31/h1-29H. The molecule has 0 aliphatic carbocycles. The molecule has 0 saturated heterocycles. The maximum absolute atomic E-state index is 5.18. The van der Waals surface area contributed by atoms with Crippen molar-refractivity contribution in [3.63, 3.8) is 0 Å². The monoisotopic (exact) mass is 651 g/mol. The summed E-state index contributed by atoms with van der Waals surface area (Å²) >= 11 is 0. The summed E-state index contributed by atoms with van der Waals surface area (Å²) in [6.07, 6.45) is 0. The van der Waals surface area contributed by atoms with Gasteiger partial charge in [-0.15, -0.1) is 0 Å². The lowest BCUT2D eigenvalue weighted by molar-refractivity contribution is 1.17. The Morgan fingerprint density at radius 1 is 0.314 bits per heavy atom. The van der Waals surface area contributed by atoms with Crippen molar-refractivity contribution < 1.29 is 0 Å². The highest BCUT2D eigenvalue weighted by Gasteiger charge is 2.18. The number of fused-ring (bicyclic) bond motifs is 5. The van der Waals surface area contributed by atoms with Crippen LogP contribution in [-0.2, 0) is 0 Å². The zero-order valence-corrected chi connectivity index (χ0v) is 27.5. The Hall–Kier alpha value is -6.98. The van der Waals surface area contributed by atoms with Gasteiger partial charge in [-0.05, 0) is 36.4 Å². The molecule has 0 N–H and O–H groups in total. The molecule has 0 aliphatic rings. The Morgan fingerprint density at radius 3 is 1.20 bits per heavy atom. The number of nitrogens with zero attached hydrogens (tertiary/aromatic N) is 5. The second-order valence-corrected chi connectivity index (χ2v) is 12.7. The number of para-hydroxylation sites is 3. The highest BCUT2D eigenvalue weighted by molar-refractivity contribution is 6.11. The first kappa shape index (κ1) is 29.0. The first-order valence-corrected chi connectivity index (χ1v) is 17.1. The Morgan fingerprint density at radius 2 is 0.725 bits per heavy atom. The van der Waals surface area contributed by atoms with Crippen LogP contribution in [0.3, 0.4) is 0 Å². The fourth-order valence-electron chi connectivity index (χ4n) is 7.20. The fraction of sp³-hybridized carbons (Fsp3) is 0. The summed E-state index contributed by atoms with van der Waals surface area (Å²) < 4.78 is 2.33. The molecule has 0 atom stereocenters. The van der Waals surface area contributed by atoms with Gasteiger partial charge in [0.05, 0.1) is 33.5 Å². The van der Waals surface area contributed by atoms with Crippen LogP contribution < -0.4 is 0 Å². The number of hydrogen-bond acceptors (Lipinski definition) is 4. The molecule has 51 heavy (non-hydrogen) atoms. The Bertz CT molecular complexity index is 2720. The third-order valence-electron chi connectivity index (χ3n) is 9.60. The van der Waals surface area contributed by atoms with E-state index < -0.39 is 0 Å². The molecule has 0 radical (unpaired) electrons. The first-order valence-electron chi connectivity index (χ1n) is 17.1. The number of hydrogen-bond donors (Lipinski definition) is 0. The molecule has 5 heteroatoms. The molecular weight excluding hydrogens is 623 g/mol. The predicted molar refractivity (Wildman–Crippen MR) is 209 cm³/mol. The molecule has 3 aromatic heterocycles. The molecule has 10 rings (SSSR count). The fourth-order valence-corrected chi connectivity index (χ4v) is 7.20. The van der Waals surface area contributed by atoms with Gasteiger partial charge in [0, 0.05) is 49.5 Å². The van der Waals surface area contributed by atoms with E-state index >= 15 is 0 Å². The molecule has 0 aliphatic heterocycles. The zero-order chi connectivity index (χ0) is 33.7. The van der Waals surface area contributed by atoms with Gasteiger partial charge in [0.1, 0.15) is 0 Å². The minimum atomic E-state index is 0.693. The van der Waals surface area contributed by atoms with Crippen molar-refractivity contribution in [2.24, 2.45) is 0 Å². The lowest BCUT2D eigenvalue weighted by atomic mass is 10.0. The highest BCUT2D eigenvalue weighted by atomic mass is 15.0. The normalized spacial score (nSPS) is 11.5. The van der Waals surface area contributed by atoms with E-state index in [4.69, 9.17) is 19.9 Å². The van der Waals surface area contributed by atoms with Gasteiger partial charge in [0.25, 0.3) is 0 Å². The third-order valence-corrected chi connectivity index (χ3v) is 9.60. The molecule has 0 bridgehead atoms. The van der Waals surface area contributed by atoms with E-state index in [-0.39, 0.29) is 0 Å². The van der Waals surface area contributed by atoms with Crippen LogP contribution in [-0.4, -0.2) is 24.5 Å². The number of rotatable bonds is 5. The molecule has 0 unspecified atom stereocenters. The minimum Gasteiger partial charge on any atom is -0.309 e. The summed E-state index contributed by atoms with van der Waals surface area (Å²) in [5, 5.41) is 4.37. The van der Waals surface area contributed by atoms with Crippen molar-refractivity contribution >= 4 is 43.6 Å². The van der Waals surface area contributed by atoms with Crippen LogP contribution in [0.15, 0.2) is 176 Å². The van der Waals surface area contributed by atoms with Gasteiger partial charge in [-0.25, -0.2) is 19.9 Å². The van der Waals surface area contributed by atoms with E-state index in [0.717, 1.165) is 82.9 Å². The highest BCUT2D eigenvalue weighted by Crippen LogP contribution is 2.38. The van der Waals surface area contributed by atoms with Crippen molar-refractivity contribution in [1.29, 1.82) is 0 Å². The smallest absolute Gasteiger partial charge is 0.160 e.